The van der Waals surface area contributed by atoms with Crippen LogP contribution in [-0.4, -0.2) is 17.1 Å². The van der Waals surface area contributed by atoms with E-state index in [9.17, 15) is 0 Å². The van der Waals surface area contributed by atoms with Crippen molar-refractivity contribution >= 4 is 0 Å². The summed E-state index contributed by atoms with van der Waals surface area (Å²) >= 11 is 0. The fourth-order valence-electron chi connectivity index (χ4n) is 2.66. The number of ether oxygens (including phenoxy) is 1. The molecule has 1 heterocycles. The number of rotatable bonds is 5. The van der Waals surface area contributed by atoms with Crippen LogP contribution in [0.1, 0.15) is 63.6 Å². The number of hydrogen-bond donors (Lipinski definition) is 1. The van der Waals surface area contributed by atoms with E-state index in [1.165, 1.54) is 44.1 Å². The molecule has 3 heteroatoms. The average molecular weight is 276 g/mol. The maximum atomic E-state index is 6.30. The van der Waals surface area contributed by atoms with Gasteiger partial charge in [0.15, 0.2) is 0 Å². The van der Waals surface area contributed by atoms with Crippen LogP contribution < -0.4 is 10.1 Å². The van der Waals surface area contributed by atoms with Gasteiger partial charge in [-0.15, -0.1) is 0 Å². The van der Waals surface area contributed by atoms with Crippen molar-refractivity contribution < 1.29 is 4.74 Å². The predicted molar refractivity (Wildman–Crippen MR) is 83.1 cm³/mol. The van der Waals surface area contributed by atoms with E-state index in [1.807, 2.05) is 13.1 Å². The van der Waals surface area contributed by atoms with E-state index in [0.717, 1.165) is 18.0 Å². The lowest BCUT2D eigenvalue weighted by molar-refractivity contribution is 0.181. The summed E-state index contributed by atoms with van der Waals surface area (Å²) in [5, 5.41) is 3.45. The Balaban J connectivity index is 2.05. The van der Waals surface area contributed by atoms with Crippen LogP contribution in [0.5, 0.6) is 5.75 Å². The molecule has 0 unspecified atom stereocenters. The minimum Gasteiger partial charge on any atom is -0.490 e. The first-order valence-electron chi connectivity index (χ1n) is 8.00. The summed E-state index contributed by atoms with van der Waals surface area (Å²) in [6, 6.07) is 2.56. The molecule has 3 nitrogen and oxygen atoms in total. The van der Waals surface area contributed by atoms with Crippen molar-refractivity contribution in [2.75, 3.05) is 0 Å². The second kappa shape index (κ2) is 7.63. The number of aromatic nitrogens is 1. The molecule has 0 aromatic carbocycles. The summed E-state index contributed by atoms with van der Waals surface area (Å²) in [4.78, 5) is 4.41. The number of nitrogens with zero attached hydrogens (tertiary/aromatic N) is 1. The molecule has 0 atom stereocenters. The molecule has 1 aromatic rings. The van der Waals surface area contributed by atoms with Crippen LogP contribution in [0.25, 0.3) is 0 Å². The lowest BCUT2D eigenvalue weighted by Crippen LogP contribution is -2.23. The Labute approximate surface area is 123 Å². The van der Waals surface area contributed by atoms with Crippen molar-refractivity contribution in [2.45, 2.75) is 78.0 Å². The summed E-state index contributed by atoms with van der Waals surface area (Å²) in [5.41, 5.74) is 2.20. The molecule has 0 aliphatic heterocycles. The highest BCUT2D eigenvalue weighted by Crippen LogP contribution is 2.25. The quantitative estimate of drug-likeness (QED) is 0.826. The second-order valence-corrected chi connectivity index (χ2v) is 6.20. The Morgan fingerprint density at radius 2 is 1.95 bits per heavy atom. The molecule has 1 aliphatic carbocycles. The molecule has 112 valence electrons. The van der Waals surface area contributed by atoms with Gasteiger partial charge in [0, 0.05) is 36.1 Å². The van der Waals surface area contributed by atoms with Gasteiger partial charge in [0.1, 0.15) is 5.75 Å². The fourth-order valence-corrected chi connectivity index (χ4v) is 2.66. The van der Waals surface area contributed by atoms with Crippen LogP contribution in [0.4, 0.5) is 0 Å². The van der Waals surface area contributed by atoms with Gasteiger partial charge in [-0.05, 0) is 32.6 Å². The standard InChI is InChI=1S/C17H28N2O/c1-13(2)18-11-15-12-19-14(3)10-17(15)20-16-8-6-4-5-7-9-16/h10,12-13,16,18H,4-9,11H2,1-3H3. The van der Waals surface area contributed by atoms with Gasteiger partial charge >= 0.3 is 0 Å². The lowest BCUT2D eigenvalue weighted by Gasteiger charge is -2.20. The van der Waals surface area contributed by atoms with Crippen molar-refractivity contribution in [3.8, 4) is 5.75 Å². The second-order valence-electron chi connectivity index (χ2n) is 6.20. The van der Waals surface area contributed by atoms with Crippen LogP contribution >= 0.6 is 0 Å². The molecule has 1 aliphatic rings. The topological polar surface area (TPSA) is 34.1 Å². The van der Waals surface area contributed by atoms with Crippen LogP contribution in [0.15, 0.2) is 12.3 Å². The van der Waals surface area contributed by atoms with Crippen molar-refractivity contribution in [3.05, 3.63) is 23.5 Å². The molecule has 2 rings (SSSR count). The van der Waals surface area contributed by atoms with Gasteiger partial charge in [-0.25, -0.2) is 0 Å². The Hall–Kier alpha value is -1.09. The SMILES string of the molecule is Cc1cc(OC2CCCCCC2)c(CNC(C)C)cn1. The van der Waals surface area contributed by atoms with Gasteiger partial charge in [-0.2, -0.15) is 0 Å². The van der Waals surface area contributed by atoms with E-state index in [1.54, 1.807) is 0 Å². The van der Waals surface area contributed by atoms with Gasteiger partial charge in [-0.1, -0.05) is 26.7 Å². The Bertz CT molecular complexity index is 409. The van der Waals surface area contributed by atoms with E-state index in [4.69, 9.17) is 4.74 Å². The van der Waals surface area contributed by atoms with Crippen LogP contribution in [0, 0.1) is 6.92 Å². The number of nitrogens with one attached hydrogen (secondary N) is 1. The zero-order chi connectivity index (χ0) is 14.4. The molecule has 20 heavy (non-hydrogen) atoms. The minimum atomic E-state index is 0.386. The monoisotopic (exact) mass is 276 g/mol. The molecule has 1 N–H and O–H groups in total. The third-order valence-corrected chi connectivity index (χ3v) is 3.88. The maximum Gasteiger partial charge on any atom is 0.127 e. The summed E-state index contributed by atoms with van der Waals surface area (Å²) in [7, 11) is 0. The minimum absolute atomic E-state index is 0.386. The molecule has 0 saturated heterocycles. The highest BCUT2D eigenvalue weighted by Gasteiger charge is 2.16. The third-order valence-electron chi connectivity index (χ3n) is 3.88. The summed E-state index contributed by atoms with van der Waals surface area (Å²) in [5.74, 6) is 1.03. The fraction of sp³-hybridized carbons (Fsp3) is 0.706. The normalized spacial score (nSPS) is 17.2. The zero-order valence-corrected chi connectivity index (χ0v) is 13.1. The van der Waals surface area contributed by atoms with E-state index >= 15 is 0 Å². The van der Waals surface area contributed by atoms with Gasteiger partial charge in [0.05, 0.1) is 6.10 Å². The van der Waals surface area contributed by atoms with Gasteiger partial charge in [0.2, 0.25) is 0 Å². The van der Waals surface area contributed by atoms with Gasteiger partial charge in [-0.3, -0.25) is 4.98 Å². The molecule has 0 amide bonds. The van der Waals surface area contributed by atoms with Gasteiger partial charge < -0.3 is 10.1 Å². The Morgan fingerprint density at radius 1 is 1.25 bits per heavy atom. The molecule has 1 aromatic heterocycles. The Kier molecular flexibility index (Phi) is 5.84. The molecule has 1 saturated carbocycles. The molecule has 0 spiro atoms. The third kappa shape index (κ3) is 4.78. The van der Waals surface area contributed by atoms with Crippen molar-refractivity contribution in [3.63, 3.8) is 0 Å². The average Bonchev–Trinajstić information content (AvgIpc) is 2.66. The van der Waals surface area contributed by atoms with Crippen LogP contribution in [0.3, 0.4) is 0 Å². The highest BCUT2D eigenvalue weighted by atomic mass is 16.5. The summed E-state index contributed by atoms with van der Waals surface area (Å²) in [6.07, 6.45) is 10.0. The lowest BCUT2D eigenvalue weighted by atomic mass is 10.1. The Morgan fingerprint density at radius 3 is 2.60 bits per heavy atom. The van der Waals surface area contributed by atoms with Crippen molar-refractivity contribution in [1.82, 2.24) is 10.3 Å². The van der Waals surface area contributed by atoms with Crippen molar-refractivity contribution in [2.24, 2.45) is 0 Å². The molecule has 0 radical (unpaired) electrons. The van der Waals surface area contributed by atoms with Crippen LogP contribution in [-0.2, 0) is 6.54 Å². The first-order chi connectivity index (χ1) is 9.65. The van der Waals surface area contributed by atoms with Crippen LogP contribution in [0.2, 0.25) is 0 Å². The number of pyridine rings is 1. The van der Waals surface area contributed by atoms with E-state index in [-0.39, 0.29) is 0 Å². The van der Waals surface area contributed by atoms with E-state index in [0.29, 0.717) is 12.1 Å². The largest absolute Gasteiger partial charge is 0.490 e. The maximum absolute atomic E-state index is 6.30. The van der Waals surface area contributed by atoms with Gasteiger partial charge in [0.25, 0.3) is 0 Å². The smallest absolute Gasteiger partial charge is 0.127 e. The molecule has 0 bridgehead atoms. The predicted octanol–water partition coefficient (Wildman–Crippen LogP) is 3.99. The highest BCUT2D eigenvalue weighted by molar-refractivity contribution is 5.33. The number of aryl methyl sites for hydroxylation is 1. The molecule has 1 fully saturated rings. The first-order valence-corrected chi connectivity index (χ1v) is 8.00. The number of hydrogen-bond acceptors (Lipinski definition) is 3. The molecular formula is C17H28N2O. The zero-order valence-electron chi connectivity index (χ0n) is 13.1. The summed E-state index contributed by atoms with van der Waals surface area (Å²) < 4.78 is 6.30. The van der Waals surface area contributed by atoms with E-state index < -0.39 is 0 Å². The molecular weight excluding hydrogens is 248 g/mol. The van der Waals surface area contributed by atoms with E-state index in [2.05, 4.69) is 30.2 Å². The first kappa shape index (κ1) is 15.3. The van der Waals surface area contributed by atoms with Crippen molar-refractivity contribution in [1.29, 1.82) is 0 Å². The summed E-state index contributed by atoms with van der Waals surface area (Å²) in [6.45, 7) is 7.17.